The minimum absolute atomic E-state index is 0.655. The summed E-state index contributed by atoms with van der Waals surface area (Å²) in [6.07, 6.45) is 3.86. The maximum atomic E-state index is 5.85. The van der Waals surface area contributed by atoms with E-state index >= 15 is 0 Å². The Morgan fingerprint density at radius 2 is 2.11 bits per heavy atom. The van der Waals surface area contributed by atoms with Crippen LogP contribution < -0.4 is 11.1 Å². The van der Waals surface area contributed by atoms with Crippen molar-refractivity contribution < 1.29 is 9.47 Å². The standard InChI is InChI=1S/C13H23N3O2/c1-11-9-12(14)13(16-10-11)15-5-3-4-6-18-8-7-17-2/h9-10H,3-8,14H2,1-2H3,(H,15,16). The Labute approximate surface area is 109 Å². The minimum Gasteiger partial charge on any atom is -0.396 e. The average molecular weight is 253 g/mol. The molecule has 3 N–H and O–H groups in total. The highest BCUT2D eigenvalue weighted by Crippen LogP contribution is 2.15. The molecule has 1 rings (SSSR count). The number of nitrogens with two attached hydrogens (primary N) is 1. The zero-order valence-corrected chi connectivity index (χ0v) is 11.2. The maximum absolute atomic E-state index is 5.85. The van der Waals surface area contributed by atoms with Gasteiger partial charge in [0.15, 0.2) is 0 Å². The van der Waals surface area contributed by atoms with Gasteiger partial charge in [-0.25, -0.2) is 4.98 Å². The molecule has 0 aliphatic heterocycles. The minimum atomic E-state index is 0.655. The summed E-state index contributed by atoms with van der Waals surface area (Å²) in [5, 5.41) is 3.23. The van der Waals surface area contributed by atoms with Crippen LogP contribution in [0.3, 0.4) is 0 Å². The Bertz CT molecular complexity index is 345. The molecule has 0 spiro atoms. The Kier molecular flexibility index (Phi) is 7.13. The molecule has 0 aromatic carbocycles. The topological polar surface area (TPSA) is 69.4 Å². The smallest absolute Gasteiger partial charge is 0.149 e. The van der Waals surface area contributed by atoms with Crippen molar-refractivity contribution in [3.05, 3.63) is 17.8 Å². The lowest BCUT2D eigenvalue weighted by molar-refractivity contribution is 0.0691. The molecule has 0 bridgehead atoms. The fraction of sp³-hybridized carbons (Fsp3) is 0.615. The first kappa shape index (κ1) is 14.7. The summed E-state index contributed by atoms with van der Waals surface area (Å²) < 4.78 is 10.3. The molecule has 5 nitrogen and oxygen atoms in total. The highest BCUT2D eigenvalue weighted by molar-refractivity contribution is 5.61. The van der Waals surface area contributed by atoms with Crippen LogP contribution in [0.5, 0.6) is 0 Å². The van der Waals surface area contributed by atoms with Crippen LogP contribution in [0.2, 0.25) is 0 Å². The van der Waals surface area contributed by atoms with Gasteiger partial charge in [-0.1, -0.05) is 0 Å². The van der Waals surface area contributed by atoms with Crippen molar-refractivity contribution in [3.63, 3.8) is 0 Å². The molecule has 0 unspecified atom stereocenters. The molecule has 0 saturated heterocycles. The Hall–Kier alpha value is -1.33. The van der Waals surface area contributed by atoms with E-state index in [1.54, 1.807) is 7.11 Å². The molecule has 5 heteroatoms. The lowest BCUT2D eigenvalue weighted by Crippen LogP contribution is -2.08. The van der Waals surface area contributed by atoms with Crippen LogP contribution in [0, 0.1) is 6.92 Å². The van der Waals surface area contributed by atoms with E-state index in [9.17, 15) is 0 Å². The Morgan fingerprint density at radius 1 is 1.28 bits per heavy atom. The largest absolute Gasteiger partial charge is 0.396 e. The molecule has 0 saturated carbocycles. The van der Waals surface area contributed by atoms with Crippen LogP contribution in [0.4, 0.5) is 11.5 Å². The SMILES string of the molecule is COCCOCCCCNc1ncc(C)cc1N. The van der Waals surface area contributed by atoms with Crippen LogP contribution in [-0.2, 0) is 9.47 Å². The fourth-order valence-corrected chi connectivity index (χ4v) is 1.52. The molecule has 0 amide bonds. The van der Waals surface area contributed by atoms with Crippen molar-refractivity contribution in [2.24, 2.45) is 0 Å². The number of methoxy groups -OCH3 is 1. The van der Waals surface area contributed by atoms with Gasteiger partial charge < -0.3 is 20.5 Å². The second kappa shape index (κ2) is 8.72. The number of anilines is 2. The first-order valence-corrected chi connectivity index (χ1v) is 6.26. The van der Waals surface area contributed by atoms with Crippen molar-refractivity contribution in [2.45, 2.75) is 19.8 Å². The number of rotatable bonds is 9. The van der Waals surface area contributed by atoms with Crippen LogP contribution >= 0.6 is 0 Å². The average Bonchev–Trinajstić information content (AvgIpc) is 2.35. The molecule has 0 fully saturated rings. The van der Waals surface area contributed by atoms with Gasteiger partial charge in [0.25, 0.3) is 0 Å². The van der Waals surface area contributed by atoms with Crippen LogP contribution in [0.15, 0.2) is 12.3 Å². The van der Waals surface area contributed by atoms with E-state index in [1.807, 2.05) is 19.2 Å². The molecule has 102 valence electrons. The van der Waals surface area contributed by atoms with E-state index in [4.69, 9.17) is 15.2 Å². The molecule has 1 aromatic rings. The number of hydrogen-bond donors (Lipinski definition) is 2. The molecular formula is C13H23N3O2. The molecule has 0 atom stereocenters. The van der Waals surface area contributed by atoms with E-state index in [2.05, 4.69) is 10.3 Å². The zero-order valence-electron chi connectivity index (χ0n) is 11.2. The summed E-state index contributed by atoms with van der Waals surface area (Å²) in [6.45, 7) is 4.92. The van der Waals surface area contributed by atoms with Gasteiger partial charge in [-0.3, -0.25) is 0 Å². The normalized spacial score (nSPS) is 10.6. The van der Waals surface area contributed by atoms with E-state index in [0.29, 0.717) is 18.9 Å². The van der Waals surface area contributed by atoms with E-state index in [-0.39, 0.29) is 0 Å². The second-order valence-corrected chi connectivity index (χ2v) is 4.19. The van der Waals surface area contributed by atoms with Gasteiger partial charge in [0.2, 0.25) is 0 Å². The first-order chi connectivity index (χ1) is 8.74. The number of ether oxygens (including phenoxy) is 2. The third-order valence-electron chi connectivity index (χ3n) is 2.49. The molecular weight excluding hydrogens is 230 g/mol. The van der Waals surface area contributed by atoms with Crippen molar-refractivity contribution >= 4 is 11.5 Å². The molecule has 18 heavy (non-hydrogen) atoms. The molecule has 1 heterocycles. The number of unbranched alkanes of at least 4 members (excludes halogenated alkanes) is 1. The van der Waals surface area contributed by atoms with Crippen LogP contribution in [0.25, 0.3) is 0 Å². The highest BCUT2D eigenvalue weighted by atomic mass is 16.5. The van der Waals surface area contributed by atoms with Gasteiger partial charge in [-0.05, 0) is 31.4 Å². The lowest BCUT2D eigenvalue weighted by Gasteiger charge is -2.08. The van der Waals surface area contributed by atoms with Gasteiger partial charge in [-0.2, -0.15) is 0 Å². The first-order valence-electron chi connectivity index (χ1n) is 6.26. The quantitative estimate of drug-likeness (QED) is 0.657. The van der Waals surface area contributed by atoms with Gasteiger partial charge in [-0.15, -0.1) is 0 Å². The second-order valence-electron chi connectivity index (χ2n) is 4.19. The zero-order chi connectivity index (χ0) is 13.2. The molecule has 1 aromatic heterocycles. The number of nitrogen functional groups attached to an aromatic ring is 1. The number of aromatic nitrogens is 1. The number of nitrogens with zero attached hydrogens (tertiary/aromatic N) is 1. The number of nitrogens with one attached hydrogen (secondary N) is 1. The predicted molar refractivity (Wildman–Crippen MR) is 73.8 cm³/mol. The Balaban J connectivity index is 2.07. The van der Waals surface area contributed by atoms with E-state index in [1.165, 1.54) is 0 Å². The highest BCUT2D eigenvalue weighted by Gasteiger charge is 1.99. The molecule has 0 aliphatic rings. The number of hydrogen-bond acceptors (Lipinski definition) is 5. The molecule has 0 aliphatic carbocycles. The lowest BCUT2D eigenvalue weighted by atomic mass is 10.2. The third-order valence-corrected chi connectivity index (χ3v) is 2.49. The molecule has 0 radical (unpaired) electrons. The fourth-order valence-electron chi connectivity index (χ4n) is 1.52. The van der Waals surface area contributed by atoms with Gasteiger partial charge >= 0.3 is 0 Å². The Morgan fingerprint density at radius 3 is 2.83 bits per heavy atom. The summed E-state index contributed by atoms with van der Waals surface area (Å²) in [5.41, 5.74) is 7.63. The third kappa shape index (κ3) is 5.84. The van der Waals surface area contributed by atoms with Crippen molar-refractivity contribution in [3.8, 4) is 0 Å². The summed E-state index contributed by atoms with van der Waals surface area (Å²) in [7, 11) is 1.67. The van der Waals surface area contributed by atoms with E-state index in [0.717, 1.165) is 37.4 Å². The van der Waals surface area contributed by atoms with E-state index < -0.39 is 0 Å². The van der Waals surface area contributed by atoms with Gasteiger partial charge in [0.05, 0.1) is 18.9 Å². The summed E-state index contributed by atoms with van der Waals surface area (Å²) in [5.74, 6) is 0.765. The summed E-state index contributed by atoms with van der Waals surface area (Å²) in [6, 6.07) is 1.92. The predicted octanol–water partition coefficient (Wildman–Crippen LogP) is 1.83. The van der Waals surface area contributed by atoms with Crippen molar-refractivity contribution in [1.82, 2.24) is 4.98 Å². The van der Waals surface area contributed by atoms with Crippen molar-refractivity contribution in [1.29, 1.82) is 0 Å². The summed E-state index contributed by atoms with van der Waals surface area (Å²) >= 11 is 0. The monoisotopic (exact) mass is 253 g/mol. The maximum Gasteiger partial charge on any atom is 0.149 e. The van der Waals surface area contributed by atoms with Crippen LogP contribution in [-0.4, -0.2) is 38.5 Å². The number of pyridine rings is 1. The van der Waals surface area contributed by atoms with Gasteiger partial charge in [0.1, 0.15) is 5.82 Å². The summed E-state index contributed by atoms with van der Waals surface area (Å²) in [4.78, 5) is 4.25. The van der Waals surface area contributed by atoms with Crippen molar-refractivity contribution in [2.75, 3.05) is 44.5 Å². The van der Waals surface area contributed by atoms with Crippen LogP contribution in [0.1, 0.15) is 18.4 Å². The van der Waals surface area contributed by atoms with Gasteiger partial charge in [0, 0.05) is 26.5 Å². The number of aryl methyl sites for hydroxylation is 1.